The summed E-state index contributed by atoms with van der Waals surface area (Å²) < 4.78 is 2.02. The minimum atomic E-state index is -0.00140. The first-order valence-electron chi connectivity index (χ1n) is 9.51. The lowest BCUT2D eigenvalue weighted by Gasteiger charge is -2.40. The van der Waals surface area contributed by atoms with Gasteiger partial charge in [-0.2, -0.15) is 0 Å². The summed E-state index contributed by atoms with van der Waals surface area (Å²) in [4.78, 5) is 28.0. The summed E-state index contributed by atoms with van der Waals surface area (Å²) in [5.74, 6) is 3.83. The lowest BCUT2D eigenvalue weighted by molar-refractivity contribution is -0.138. The molecule has 0 aromatic carbocycles. The fourth-order valence-electron chi connectivity index (χ4n) is 3.87. The number of nitrogens with zero attached hydrogens (tertiary/aromatic N) is 5. The van der Waals surface area contributed by atoms with Crippen LogP contribution < -0.4 is 5.32 Å². The Kier molecular flexibility index (Phi) is 4.61. The topological polar surface area (TPSA) is 75.9 Å². The maximum atomic E-state index is 12.4. The van der Waals surface area contributed by atoms with Gasteiger partial charge in [-0.05, 0) is 32.3 Å². The highest BCUT2D eigenvalue weighted by atomic mass is 16.2. The maximum absolute atomic E-state index is 12.4. The van der Waals surface area contributed by atoms with Crippen LogP contribution in [-0.4, -0.2) is 43.4 Å². The number of hydrogen-bond acceptors (Lipinski definition) is 5. The molecule has 138 valence electrons. The van der Waals surface area contributed by atoms with Crippen LogP contribution in [0.2, 0.25) is 0 Å². The number of piperidine rings is 1. The van der Waals surface area contributed by atoms with Gasteiger partial charge in [0.05, 0.1) is 6.04 Å². The standard InChI is InChI=1S/C19H26N6O/c1-3-25-16(26)7-6-14(17(25)19-21-10-11-24(19)2)12-22-15-8-9-20-18(23-15)13-4-5-13/h8-11,13-14,17H,3-7,12H2,1-2H3,(H,20,22,23)/t14-,17+/m1/s1. The Morgan fingerprint density at radius 3 is 2.77 bits per heavy atom. The predicted molar refractivity (Wildman–Crippen MR) is 98.6 cm³/mol. The molecule has 3 heterocycles. The molecule has 1 N–H and O–H groups in total. The number of likely N-dealkylation sites (tertiary alicyclic amines) is 1. The minimum absolute atomic E-state index is 0.00140. The van der Waals surface area contributed by atoms with Gasteiger partial charge >= 0.3 is 0 Å². The number of carbonyl (C=O) groups is 1. The van der Waals surface area contributed by atoms with E-state index in [9.17, 15) is 4.79 Å². The fourth-order valence-corrected chi connectivity index (χ4v) is 3.87. The van der Waals surface area contributed by atoms with E-state index in [0.29, 0.717) is 24.8 Å². The third kappa shape index (κ3) is 3.30. The normalized spacial score (nSPS) is 23.3. The van der Waals surface area contributed by atoms with Crippen LogP contribution >= 0.6 is 0 Å². The number of aryl methyl sites for hydroxylation is 1. The van der Waals surface area contributed by atoms with Crippen molar-refractivity contribution in [3.63, 3.8) is 0 Å². The fraction of sp³-hybridized carbons (Fsp3) is 0.579. The van der Waals surface area contributed by atoms with Crippen LogP contribution in [0.1, 0.15) is 56.2 Å². The lowest BCUT2D eigenvalue weighted by Crippen LogP contribution is -2.45. The van der Waals surface area contributed by atoms with Gasteiger partial charge in [0.25, 0.3) is 0 Å². The molecule has 2 aromatic rings. The Morgan fingerprint density at radius 2 is 2.08 bits per heavy atom. The summed E-state index contributed by atoms with van der Waals surface area (Å²) in [7, 11) is 1.99. The van der Waals surface area contributed by atoms with Crippen LogP contribution in [0.25, 0.3) is 0 Å². The number of hydrogen-bond donors (Lipinski definition) is 1. The number of amides is 1. The molecule has 1 saturated heterocycles. The molecule has 2 aliphatic rings. The van der Waals surface area contributed by atoms with Crippen molar-refractivity contribution in [1.29, 1.82) is 0 Å². The minimum Gasteiger partial charge on any atom is -0.370 e. The quantitative estimate of drug-likeness (QED) is 0.862. The molecule has 1 saturated carbocycles. The Labute approximate surface area is 153 Å². The zero-order valence-corrected chi connectivity index (χ0v) is 15.4. The summed E-state index contributed by atoms with van der Waals surface area (Å²) in [6.07, 6.45) is 9.43. The number of carbonyl (C=O) groups excluding carboxylic acids is 1. The van der Waals surface area contributed by atoms with E-state index in [1.54, 1.807) is 6.20 Å². The van der Waals surface area contributed by atoms with Crippen molar-refractivity contribution in [2.45, 2.75) is 44.6 Å². The molecule has 7 heteroatoms. The van der Waals surface area contributed by atoms with Crippen molar-refractivity contribution in [1.82, 2.24) is 24.4 Å². The zero-order valence-electron chi connectivity index (χ0n) is 15.4. The lowest BCUT2D eigenvalue weighted by atomic mass is 9.87. The summed E-state index contributed by atoms with van der Waals surface area (Å²) in [5, 5.41) is 3.48. The molecule has 0 spiro atoms. The average molecular weight is 354 g/mol. The van der Waals surface area contributed by atoms with Gasteiger partial charge in [0, 0.05) is 57.0 Å². The van der Waals surface area contributed by atoms with Crippen molar-refractivity contribution >= 4 is 11.7 Å². The second-order valence-corrected chi connectivity index (χ2v) is 7.27. The molecular weight excluding hydrogens is 328 g/mol. The molecule has 1 aliphatic carbocycles. The van der Waals surface area contributed by atoms with Crippen molar-refractivity contribution in [2.75, 3.05) is 18.4 Å². The van der Waals surface area contributed by atoms with Crippen LogP contribution in [0.3, 0.4) is 0 Å². The van der Waals surface area contributed by atoms with Gasteiger partial charge in [-0.1, -0.05) is 0 Å². The number of nitrogens with one attached hydrogen (secondary N) is 1. The molecule has 2 fully saturated rings. The Bertz CT molecular complexity index is 784. The summed E-state index contributed by atoms with van der Waals surface area (Å²) in [6, 6.07) is 1.92. The second kappa shape index (κ2) is 7.05. The van der Waals surface area contributed by atoms with Crippen LogP contribution in [0.15, 0.2) is 24.7 Å². The average Bonchev–Trinajstić information content (AvgIpc) is 3.42. The van der Waals surface area contributed by atoms with Gasteiger partial charge in [0.2, 0.25) is 5.91 Å². The molecule has 0 unspecified atom stereocenters. The highest BCUT2D eigenvalue weighted by Gasteiger charge is 2.38. The Balaban J connectivity index is 1.52. The van der Waals surface area contributed by atoms with Crippen molar-refractivity contribution in [3.8, 4) is 0 Å². The van der Waals surface area contributed by atoms with E-state index in [2.05, 4.69) is 20.3 Å². The first kappa shape index (κ1) is 17.0. The number of aromatic nitrogens is 4. The van der Waals surface area contributed by atoms with E-state index in [1.807, 2.05) is 41.9 Å². The molecule has 26 heavy (non-hydrogen) atoms. The molecule has 2 atom stereocenters. The van der Waals surface area contributed by atoms with Gasteiger partial charge in [-0.25, -0.2) is 15.0 Å². The number of anilines is 1. The van der Waals surface area contributed by atoms with E-state index in [-0.39, 0.29) is 11.9 Å². The van der Waals surface area contributed by atoms with Gasteiger partial charge < -0.3 is 14.8 Å². The van der Waals surface area contributed by atoms with E-state index in [1.165, 1.54) is 12.8 Å². The zero-order chi connectivity index (χ0) is 18.1. The van der Waals surface area contributed by atoms with Crippen LogP contribution in [0, 0.1) is 5.92 Å². The number of imidazole rings is 1. The van der Waals surface area contributed by atoms with E-state index >= 15 is 0 Å². The molecule has 1 amide bonds. The van der Waals surface area contributed by atoms with Gasteiger partial charge in [0.15, 0.2) is 0 Å². The molecule has 0 radical (unpaired) electrons. The predicted octanol–water partition coefficient (Wildman–Crippen LogP) is 2.50. The van der Waals surface area contributed by atoms with E-state index in [0.717, 1.165) is 30.4 Å². The van der Waals surface area contributed by atoms with Gasteiger partial charge in [0.1, 0.15) is 17.5 Å². The Morgan fingerprint density at radius 1 is 1.23 bits per heavy atom. The third-order valence-corrected chi connectivity index (χ3v) is 5.46. The maximum Gasteiger partial charge on any atom is 0.223 e. The molecule has 7 nitrogen and oxygen atoms in total. The van der Waals surface area contributed by atoms with Crippen LogP contribution in [-0.2, 0) is 11.8 Å². The summed E-state index contributed by atoms with van der Waals surface area (Å²) in [5.41, 5.74) is 0. The third-order valence-electron chi connectivity index (χ3n) is 5.46. The Hall–Kier alpha value is -2.44. The van der Waals surface area contributed by atoms with Gasteiger partial charge in [-0.15, -0.1) is 0 Å². The van der Waals surface area contributed by atoms with E-state index in [4.69, 9.17) is 0 Å². The van der Waals surface area contributed by atoms with Crippen molar-refractivity contribution < 1.29 is 4.79 Å². The van der Waals surface area contributed by atoms with E-state index < -0.39 is 0 Å². The number of rotatable bonds is 6. The van der Waals surface area contributed by atoms with Gasteiger partial charge in [-0.3, -0.25) is 4.79 Å². The monoisotopic (exact) mass is 354 g/mol. The molecule has 0 bridgehead atoms. The SMILES string of the molecule is CCN1C(=O)CC[C@H](CNc2ccnc(C3CC3)n2)[C@H]1c1nccn1C. The molecule has 4 rings (SSSR count). The summed E-state index contributed by atoms with van der Waals surface area (Å²) >= 11 is 0. The molecule has 1 aliphatic heterocycles. The molecular formula is C19H26N6O. The highest BCUT2D eigenvalue weighted by molar-refractivity contribution is 5.77. The second-order valence-electron chi connectivity index (χ2n) is 7.27. The first-order valence-corrected chi connectivity index (χ1v) is 9.51. The highest BCUT2D eigenvalue weighted by Crippen LogP contribution is 2.38. The van der Waals surface area contributed by atoms with Crippen LogP contribution in [0.5, 0.6) is 0 Å². The molecule has 2 aromatic heterocycles. The van der Waals surface area contributed by atoms with Crippen molar-refractivity contribution in [3.05, 3.63) is 36.3 Å². The first-order chi connectivity index (χ1) is 12.7. The van der Waals surface area contributed by atoms with Crippen LogP contribution in [0.4, 0.5) is 5.82 Å². The smallest absolute Gasteiger partial charge is 0.223 e. The summed E-state index contributed by atoms with van der Waals surface area (Å²) in [6.45, 7) is 3.50. The van der Waals surface area contributed by atoms with Crippen molar-refractivity contribution in [2.24, 2.45) is 13.0 Å². The largest absolute Gasteiger partial charge is 0.370 e.